The molecule has 0 bridgehead atoms. The van der Waals surface area contributed by atoms with E-state index in [4.69, 9.17) is 21.3 Å². The smallest absolute Gasteiger partial charge is 0.223 e. The van der Waals surface area contributed by atoms with E-state index in [1.807, 2.05) is 31.2 Å². The van der Waals surface area contributed by atoms with Gasteiger partial charge >= 0.3 is 0 Å². The van der Waals surface area contributed by atoms with Crippen LogP contribution in [0.15, 0.2) is 30.5 Å². The molecule has 1 fully saturated rings. The average molecular weight is 457 g/mol. The molecule has 0 aromatic carbocycles. The van der Waals surface area contributed by atoms with Crippen LogP contribution in [-0.4, -0.2) is 21.1 Å². The molecule has 1 saturated carbocycles. The Hall–Kier alpha value is -2.18. The summed E-state index contributed by atoms with van der Waals surface area (Å²) in [6.07, 6.45) is 8.21. The maximum atomic E-state index is 6.37. The number of rotatable bonds is 7. The molecule has 164 valence electrons. The lowest BCUT2D eigenvalue weighted by Gasteiger charge is -2.23. The molecule has 1 N–H and O–H groups in total. The average Bonchev–Trinajstić information content (AvgIpc) is 3.15. The van der Waals surface area contributed by atoms with E-state index in [1.54, 1.807) is 17.5 Å². The van der Waals surface area contributed by atoms with Crippen molar-refractivity contribution in [1.29, 1.82) is 0 Å². The number of nitrogens with zero attached hydrogens (tertiary/aromatic N) is 3. The standard InChI is InChI=1S/C24H29ClN4OS/c1-15(2)19-11-12-26-24(29-19)27-14-17-13-22(25)31-23(17)20-9-10-21(16(3)28-20)30-18-7-5-4-6-8-18/h9-13,15,18H,4-8,14H2,1-3H3,(H,26,27,29). The van der Waals surface area contributed by atoms with Gasteiger partial charge in [0.1, 0.15) is 5.75 Å². The lowest BCUT2D eigenvalue weighted by Crippen LogP contribution is -2.20. The van der Waals surface area contributed by atoms with E-state index in [2.05, 4.69) is 29.1 Å². The van der Waals surface area contributed by atoms with Gasteiger partial charge in [0, 0.05) is 18.4 Å². The molecule has 3 aromatic rings. The predicted molar refractivity (Wildman–Crippen MR) is 128 cm³/mol. The molecular weight excluding hydrogens is 428 g/mol. The highest BCUT2D eigenvalue weighted by atomic mass is 35.5. The number of halogens is 1. The Bertz CT molecular complexity index is 1030. The minimum absolute atomic E-state index is 0.317. The van der Waals surface area contributed by atoms with E-state index in [-0.39, 0.29) is 0 Å². The quantitative estimate of drug-likeness (QED) is 0.414. The van der Waals surface area contributed by atoms with Crippen molar-refractivity contribution in [3.63, 3.8) is 0 Å². The Morgan fingerprint density at radius 1 is 1.16 bits per heavy atom. The normalized spacial score (nSPS) is 14.7. The summed E-state index contributed by atoms with van der Waals surface area (Å²) in [5.74, 6) is 1.87. The summed E-state index contributed by atoms with van der Waals surface area (Å²) < 4.78 is 6.98. The number of pyridine rings is 1. The van der Waals surface area contributed by atoms with Crippen LogP contribution >= 0.6 is 22.9 Å². The van der Waals surface area contributed by atoms with Crippen LogP contribution in [0.2, 0.25) is 4.34 Å². The maximum Gasteiger partial charge on any atom is 0.223 e. The van der Waals surface area contributed by atoms with Gasteiger partial charge in [0.2, 0.25) is 5.95 Å². The highest BCUT2D eigenvalue weighted by Crippen LogP contribution is 2.36. The Labute approximate surface area is 193 Å². The van der Waals surface area contributed by atoms with Crippen molar-refractivity contribution in [2.75, 3.05) is 5.32 Å². The van der Waals surface area contributed by atoms with Gasteiger partial charge in [-0.15, -0.1) is 11.3 Å². The van der Waals surface area contributed by atoms with E-state index in [9.17, 15) is 0 Å². The number of hydrogen-bond acceptors (Lipinski definition) is 6. The van der Waals surface area contributed by atoms with Crippen LogP contribution in [0.4, 0.5) is 5.95 Å². The van der Waals surface area contributed by atoms with Gasteiger partial charge in [0.25, 0.3) is 0 Å². The zero-order valence-corrected chi connectivity index (χ0v) is 19.9. The molecule has 0 spiro atoms. The van der Waals surface area contributed by atoms with E-state index in [0.717, 1.165) is 50.4 Å². The van der Waals surface area contributed by atoms with Gasteiger partial charge in [-0.2, -0.15) is 0 Å². The van der Waals surface area contributed by atoms with Gasteiger partial charge in [-0.3, -0.25) is 0 Å². The first-order chi connectivity index (χ1) is 15.0. The van der Waals surface area contributed by atoms with Crippen molar-refractivity contribution in [3.05, 3.63) is 51.7 Å². The van der Waals surface area contributed by atoms with Crippen molar-refractivity contribution in [3.8, 4) is 16.3 Å². The van der Waals surface area contributed by atoms with Gasteiger partial charge < -0.3 is 10.1 Å². The fourth-order valence-corrected chi connectivity index (χ4v) is 5.10. The minimum atomic E-state index is 0.317. The van der Waals surface area contributed by atoms with Crippen molar-refractivity contribution >= 4 is 28.9 Å². The summed E-state index contributed by atoms with van der Waals surface area (Å²) in [6.45, 7) is 6.85. The van der Waals surface area contributed by atoms with Crippen LogP contribution < -0.4 is 10.1 Å². The minimum Gasteiger partial charge on any atom is -0.489 e. The van der Waals surface area contributed by atoms with Gasteiger partial charge in [-0.1, -0.05) is 31.9 Å². The lowest BCUT2D eigenvalue weighted by atomic mass is 9.98. The van der Waals surface area contributed by atoms with E-state index in [1.165, 1.54) is 19.3 Å². The van der Waals surface area contributed by atoms with Crippen molar-refractivity contribution in [1.82, 2.24) is 15.0 Å². The molecule has 0 radical (unpaired) electrons. The monoisotopic (exact) mass is 456 g/mol. The second kappa shape index (κ2) is 9.96. The van der Waals surface area contributed by atoms with Gasteiger partial charge in [0.15, 0.2) is 0 Å². The Morgan fingerprint density at radius 3 is 2.71 bits per heavy atom. The number of anilines is 1. The van der Waals surface area contributed by atoms with Crippen LogP contribution in [0.5, 0.6) is 5.75 Å². The van der Waals surface area contributed by atoms with E-state index in [0.29, 0.717) is 24.5 Å². The largest absolute Gasteiger partial charge is 0.489 e. The first kappa shape index (κ1) is 22.0. The third-order valence-corrected chi connectivity index (χ3v) is 6.93. The maximum absolute atomic E-state index is 6.37. The second-order valence-electron chi connectivity index (χ2n) is 8.38. The van der Waals surface area contributed by atoms with Crippen molar-refractivity contribution < 1.29 is 4.74 Å². The van der Waals surface area contributed by atoms with Gasteiger partial charge in [-0.05, 0) is 68.4 Å². The van der Waals surface area contributed by atoms with Crippen molar-refractivity contribution in [2.45, 2.75) is 71.4 Å². The number of ether oxygens (including phenoxy) is 1. The van der Waals surface area contributed by atoms with E-state index >= 15 is 0 Å². The molecule has 0 amide bonds. The van der Waals surface area contributed by atoms with Gasteiger partial charge in [0.05, 0.1) is 26.7 Å². The Morgan fingerprint density at radius 2 is 1.97 bits per heavy atom. The Kier molecular flexibility index (Phi) is 7.08. The topological polar surface area (TPSA) is 59.9 Å². The first-order valence-electron chi connectivity index (χ1n) is 11.0. The molecule has 3 aromatic heterocycles. The fourth-order valence-electron chi connectivity index (χ4n) is 3.86. The van der Waals surface area contributed by atoms with Crippen LogP contribution in [0.25, 0.3) is 10.6 Å². The zero-order valence-electron chi connectivity index (χ0n) is 18.3. The van der Waals surface area contributed by atoms with Crippen LogP contribution in [-0.2, 0) is 6.54 Å². The van der Waals surface area contributed by atoms with Gasteiger partial charge in [-0.25, -0.2) is 15.0 Å². The number of aromatic nitrogens is 3. The third kappa shape index (κ3) is 5.55. The summed E-state index contributed by atoms with van der Waals surface area (Å²) in [7, 11) is 0. The summed E-state index contributed by atoms with van der Waals surface area (Å²) in [5, 5.41) is 3.33. The van der Waals surface area contributed by atoms with Crippen LogP contribution in [0.1, 0.15) is 68.8 Å². The van der Waals surface area contributed by atoms with Crippen molar-refractivity contribution in [2.24, 2.45) is 0 Å². The molecule has 7 heteroatoms. The van der Waals surface area contributed by atoms with E-state index < -0.39 is 0 Å². The second-order valence-corrected chi connectivity index (χ2v) is 10.1. The highest BCUT2D eigenvalue weighted by molar-refractivity contribution is 7.19. The molecule has 0 saturated heterocycles. The third-order valence-electron chi connectivity index (χ3n) is 5.60. The molecule has 0 unspecified atom stereocenters. The molecule has 0 aliphatic heterocycles. The zero-order chi connectivity index (χ0) is 21.8. The fraction of sp³-hybridized carbons (Fsp3) is 0.458. The summed E-state index contributed by atoms with van der Waals surface area (Å²) >= 11 is 7.91. The highest BCUT2D eigenvalue weighted by Gasteiger charge is 2.18. The van der Waals surface area contributed by atoms with Crippen LogP contribution in [0, 0.1) is 6.92 Å². The molecule has 1 aliphatic carbocycles. The lowest BCUT2D eigenvalue weighted by molar-refractivity contribution is 0.153. The molecule has 0 atom stereocenters. The molecule has 31 heavy (non-hydrogen) atoms. The Balaban J connectivity index is 1.50. The molecule has 5 nitrogen and oxygen atoms in total. The molecular formula is C24H29ClN4OS. The number of thiophene rings is 1. The summed E-state index contributed by atoms with van der Waals surface area (Å²) in [6, 6.07) is 8.02. The molecule has 1 aliphatic rings. The molecule has 4 rings (SSSR count). The van der Waals surface area contributed by atoms with Crippen LogP contribution in [0.3, 0.4) is 0 Å². The number of nitrogens with one attached hydrogen (secondary N) is 1. The summed E-state index contributed by atoms with van der Waals surface area (Å²) in [5.41, 5.74) is 3.94. The summed E-state index contributed by atoms with van der Waals surface area (Å²) in [4.78, 5) is 14.8. The first-order valence-corrected chi connectivity index (χ1v) is 12.2. The predicted octanol–water partition coefficient (Wildman–Crippen LogP) is 7.01. The molecule has 3 heterocycles. The number of hydrogen-bond donors (Lipinski definition) is 1. The SMILES string of the molecule is Cc1nc(-c2sc(Cl)cc2CNc2nccc(C(C)C)n2)ccc1OC1CCCCC1. The number of aryl methyl sites for hydroxylation is 1.